The van der Waals surface area contributed by atoms with Crippen molar-refractivity contribution in [1.29, 1.82) is 0 Å². The summed E-state index contributed by atoms with van der Waals surface area (Å²) in [6.45, 7) is 9.19. The molecule has 176 valence electrons. The van der Waals surface area contributed by atoms with Crippen LogP contribution in [0.5, 0.6) is 5.75 Å². The van der Waals surface area contributed by atoms with E-state index >= 15 is 0 Å². The minimum atomic E-state index is -0.687. The standard InChI is InChI=1S/C27H33NO5/c1-6-19-7-9-20(10-8-19)24-23(26(30)27(31)28(24)13-14-32-5)25(29)22-12-11-21(15-18(22)4)33-16-17(2)3/h7-12,15,17,24,29H,6,13-14,16H2,1-5H3/t24-/m0/s1. The molecule has 6 heteroatoms. The van der Waals surface area contributed by atoms with Crippen molar-refractivity contribution < 1.29 is 24.2 Å². The molecule has 0 bridgehead atoms. The lowest BCUT2D eigenvalue weighted by molar-refractivity contribution is -0.140. The zero-order valence-corrected chi connectivity index (χ0v) is 20.1. The molecule has 6 nitrogen and oxygen atoms in total. The Kier molecular flexibility index (Phi) is 7.92. The molecule has 0 radical (unpaired) electrons. The van der Waals surface area contributed by atoms with Crippen LogP contribution >= 0.6 is 0 Å². The van der Waals surface area contributed by atoms with Gasteiger partial charge in [-0.05, 0) is 54.2 Å². The summed E-state index contributed by atoms with van der Waals surface area (Å²) < 4.78 is 10.9. The molecule has 0 saturated carbocycles. The number of carbonyl (C=O) groups excluding carboxylic acids is 2. The van der Waals surface area contributed by atoms with Crippen LogP contribution in [-0.4, -0.2) is 48.6 Å². The van der Waals surface area contributed by atoms with Gasteiger partial charge in [-0.25, -0.2) is 0 Å². The zero-order valence-electron chi connectivity index (χ0n) is 20.1. The van der Waals surface area contributed by atoms with Gasteiger partial charge in [0.1, 0.15) is 11.5 Å². The summed E-state index contributed by atoms with van der Waals surface area (Å²) >= 11 is 0. The van der Waals surface area contributed by atoms with Gasteiger partial charge in [0.15, 0.2) is 0 Å². The molecule has 1 aliphatic heterocycles. The number of benzene rings is 2. The molecule has 1 heterocycles. The number of methoxy groups -OCH3 is 1. The van der Waals surface area contributed by atoms with Crippen molar-refractivity contribution in [2.75, 3.05) is 26.9 Å². The van der Waals surface area contributed by atoms with Gasteiger partial charge < -0.3 is 19.5 Å². The fourth-order valence-electron chi connectivity index (χ4n) is 3.98. The van der Waals surface area contributed by atoms with E-state index in [4.69, 9.17) is 9.47 Å². The molecule has 3 rings (SSSR count). The SMILES string of the molecule is CCc1ccc([C@H]2C(=C(O)c3ccc(OCC(C)C)cc3C)C(=O)C(=O)N2CCOC)cc1. The van der Waals surface area contributed by atoms with Crippen molar-refractivity contribution in [3.8, 4) is 5.75 Å². The Balaban J connectivity index is 2.07. The number of likely N-dealkylation sites (tertiary alicyclic amines) is 1. The lowest BCUT2D eigenvalue weighted by Gasteiger charge is -2.25. The highest BCUT2D eigenvalue weighted by Crippen LogP contribution is 2.40. The highest BCUT2D eigenvalue weighted by atomic mass is 16.5. The number of rotatable bonds is 9. The van der Waals surface area contributed by atoms with Gasteiger partial charge >= 0.3 is 0 Å². The molecule has 1 saturated heterocycles. The molecule has 1 amide bonds. The van der Waals surface area contributed by atoms with E-state index in [0.29, 0.717) is 23.8 Å². The average molecular weight is 452 g/mol. The van der Waals surface area contributed by atoms with Crippen LogP contribution in [0.2, 0.25) is 0 Å². The van der Waals surface area contributed by atoms with Crippen molar-refractivity contribution in [3.63, 3.8) is 0 Å². The Labute approximate surface area is 195 Å². The van der Waals surface area contributed by atoms with Crippen LogP contribution in [0.1, 0.15) is 49.1 Å². The predicted octanol–water partition coefficient (Wildman–Crippen LogP) is 4.66. The van der Waals surface area contributed by atoms with Crippen molar-refractivity contribution in [2.45, 2.75) is 40.2 Å². The van der Waals surface area contributed by atoms with Crippen molar-refractivity contribution in [2.24, 2.45) is 5.92 Å². The summed E-state index contributed by atoms with van der Waals surface area (Å²) in [6, 6.07) is 12.5. The number of aliphatic hydroxyl groups is 1. The number of aryl methyl sites for hydroxylation is 2. The maximum atomic E-state index is 13.1. The van der Waals surface area contributed by atoms with Gasteiger partial charge in [0.2, 0.25) is 0 Å². The molecular formula is C27H33NO5. The Bertz CT molecular complexity index is 1040. The van der Waals surface area contributed by atoms with Gasteiger partial charge in [-0.2, -0.15) is 0 Å². The zero-order chi connectivity index (χ0) is 24.1. The minimum absolute atomic E-state index is 0.0966. The third-order valence-corrected chi connectivity index (χ3v) is 5.82. The number of nitrogens with zero attached hydrogens (tertiary/aromatic N) is 1. The smallest absolute Gasteiger partial charge is 0.295 e. The first-order valence-electron chi connectivity index (χ1n) is 11.4. The Morgan fingerprint density at radius 3 is 2.39 bits per heavy atom. The van der Waals surface area contributed by atoms with E-state index in [1.54, 1.807) is 19.2 Å². The third-order valence-electron chi connectivity index (χ3n) is 5.82. The highest BCUT2D eigenvalue weighted by molar-refractivity contribution is 6.46. The van der Waals surface area contributed by atoms with Crippen LogP contribution in [0.25, 0.3) is 5.76 Å². The molecule has 33 heavy (non-hydrogen) atoms. The second-order valence-electron chi connectivity index (χ2n) is 8.76. The van der Waals surface area contributed by atoms with Gasteiger partial charge in [0.25, 0.3) is 11.7 Å². The number of Topliss-reactive ketones (excluding diaryl/α,β-unsaturated/α-hetero) is 1. The van der Waals surface area contributed by atoms with E-state index in [-0.39, 0.29) is 24.5 Å². The van der Waals surface area contributed by atoms with Gasteiger partial charge in [-0.3, -0.25) is 9.59 Å². The maximum Gasteiger partial charge on any atom is 0.295 e. The van der Waals surface area contributed by atoms with Gasteiger partial charge in [0.05, 0.1) is 24.8 Å². The Hall–Kier alpha value is -3.12. The van der Waals surface area contributed by atoms with Crippen LogP contribution in [0.3, 0.4) is 0 Å². The summed E-state index contributed by atoms with van der Waals surface area (Å²) in [5, 5.41) is 11.3. The van der Waals surface area contributed by atoms with Crippen molar-refractivity contribution >= 4 is 17.4 Å². The van der Waals surface area contributed by atoms with E-state index in [9.17, 15) is 14.7 Å². The molecule has 0 spiro atoms. The molecule has 1 atom stereocenters. The highest BCUT2D eigenvalue weighted by Gasteiger charge is 2.46. The van der Waals surface area contributed by atoms with E-state index in [0.717, 1.165) is 23.1 Å². The van der Waals surface area contributed by atoms with E-state index in [1.165, 1.54) is 4.90 Å². The summed E-state index contributed by atoms with van der Waals surface area (Å²) in [4.78, 5) is 27.5. The quantitative estimate of drug-likeness (QED) is 0.341. The summed E-state index contributed by atoms with van der Waals surface area (Å²) in [5.41, 5.74) is 3.29. The van der Waals surface area contributed by atoms with E-state index < -0.39 is 17.7 Å². The fourth-order valence-corrected chi connectivity index (χ4v) is 3.98. The molecule has 2 aromatic rings. The average Bonchev–Trinajstić information content (AvgIpc) is 3.05. The lowest BCUT2D eigenvalue weighted by atomic mass is 9.93. The van der Waals surface area contributed by atoms with Crippen LogP contribution in [-0.2, 0) is 20.7 Å². The molecule has 1 fully saturated rings. The van der Waals surface area contributed by atoms with E-state index in [2.05, 4.69) is 20.8 Å². The maximum absolute atomic E-state index is 13.1. The number of hydrogen-bond acceptors (Lipinski definition) is 5. The number of hydrogen-bond donors (Lipinski definition) is 1. The lowest BCUT2D eigenvalue weighted by Crippen LogP contribution is -2.32. The molecule has 1 aliphatic rings. The summed E-state index contributed by atoms with van der Waals surface area (Å²) in [6.07, 6.45) is 0.883. The van der Waals surface area contributed by atoms with Crippen LogP contribution in [0, 0.1) is 12.8 Å². The molecule has 0 aromatic heterocycles. The first kappa shape index (κ1) is 24.5. The molecule has 0 aliphatic carbocycles. The monoisotopic (exact) mass is 451 g/mol. The number of ether oxygens (including phenoxy) is 2. The Morgan fingerprint density at radius 1 is 1.12 bits per heavy atom. The largest absolute Gasteiger partial charge is 0.507 e. The van der Waals surface area contributed by atoms with Crippen molar-refractivity contribution in [1.82, 2.24) is 4.90 Å². The summed E-state index contributed by atoms with van der Waals surface area (Å²) in [7, 11) is 1.55. The van der Waals surface area contributed by atoms with Crippen molar-refractivity contribution in [3.05, 3.63) is 70.3 Å². The second kappa shape index (κ2) is 10.7. The molecule has 0 unspecified atom stereocenters. The number of carbonyl (C=O) groups is 2. The first-order chi connectivity index (χ1) is 15.8. The third kappa shape index (κ3) is 5.28. The normalized spacial score (nSPS) is 17.8. The van der Waals surface area contributed by atoms with Gasteiger partial charge in [-0.1, -0.05) is 45.0 Å². The molecular weight excluding hydrogens is 418 g/mol. The predicted molar refractivity (Wildman–Crippen MR) is 128 cm³/mol. The first-order valence-corrected chi connectivity index (χ1v) is 11.4. The number of amides is 1. The summed E-state index contributed by atoms with van der Waals surface area (Å²) in [5.74, 6) is -0.406. The topological polar surface area (TPSA) is 76.1 Å². The number of aliphatic hydroxyl groups excluding tert-OH is 1. The minimum Gasteiger partial charge on any atom is -0.507 e. The van der Waals surface area contributed by atoms with Crippen LogP contribution in [0.4, 0.5) is 0 Å². The van der Waals surface area contributed by atoms with Gasteiger partial charge in [0, 0.05) is 19.2 Å². The second-order valence-corrected chi connectivity index (χ2v) is 8.76. The molecule has 1 N–H and O–H groups in total. The number of ketones is 1. The van der Waals surface area contributed by atoms with Crippen LogP contribution in [0.15, 0.2) is 48.0 Å². The Morgan fingerprint density at radius 2 is 1.82 bits per heavy atom. The van der Waals surface area contributed by atoms with Crippen LogP contribution < -0.4 is 4.74 Å². The fraction of sp³-hybridized carbons (Fsp3) is 0.407. The van der Waals surface area contributed by atoms with E-state index in [1.807, 2.05) is 37.3 Å². The van der Waals surface area contributed by atoms with Gasteiger partial charge in [-0.15, -0.1) is 0 Å². The molecule has 2 aromatic carbocycles.